The van der Waals surface area contributed by atoms with Crippen molar-refractivity contribution in [1.29, 1.82) is 0 Å². The third kappa shape index (κ3) is 4.41. The van der Waals surface area contributed by atoms with E-state index in [1.54, 1.807) is 6.92 Å². The van der Waals surface area contributed by atoms with Crippen LogP contribution in [0.25, 0.3) is 0 Å². The second kappa shape index (κ2) is 11.3. The molecule has 9 rings (SSSR count). The van der Waals surface area contributed by atoms with Crippen molar-refractivity contribution in [2.45, 2.75) is 131 Å². The maximum atomic E-state index is 13.6. The molecular weight excluding hydrogens is 658 g/mol. The van der Waals surface area contributed by atoms with Crippen LogP contribution >= 0.6 is 11.8 Å². The summed E-state index contributed by atoms with van der Waals surface area (Å²) < 4.78 is 26.0. The van der Waals surface area contributed by atoms with Crippen molar-refractivity contribution in [2.75, 3.05) is 12.4 Å². The molecule has 1 aromatic rings. The first-order valence-electron chi connectivity index (χ1n) is 18.8. The molecule has 8 aliphatic rings. The fourth-order valence-corrected chi connectivity index (χ4v) is 14.5. The molecule has 1 spiro atoms. The van der Waals surface area contributed by atoms with Gasteiger partial charge in [0.2, 0.25) is 11.6 Å². The third-order valence-electron chi connectivity index (χ3n) is 15.1. The number of cyclic esters (lactones) is 1. The lowest BCUT2D eigenvalue weighted by Gasteiger charge is -2.67. The van der Waals surface area contributed by atoms with Crippen LogP contribution in [0.2, 0.25) is 0 Å². The molecule has 50 heavy (non-hydrogen) atoms. The van der Waals surface area contributed by atoms with Crippen LogP contribution in [0.15, 0.2) is 42.5 Å². The summed E-state index contributed by atoms with van der Waals surface area (Å²) in [7, 11) is 0. The number of ether oxygens (including phenoxy) is 4. The lowest BCUT2D eigenvalue weighted by molar-refractivity contribution is -0.492. The van der Waals surface area contributed by atoms with E-state index in [9.17, 15) is 24.9 Å². The van der Waals surface area contributed by atoms with Gasteiger partial charge < -0.3 is 34.3 Å². The van der Waals surface area contributed by atoms with Gasteiger partial charge >= 0.3 is 5.97 Å². The number of thioether (sulfide) groups is 1. The number of hydrogen-bond donors (Lipinski definition) is 4. The van der Waals surface area contributed by atoms with Gasteiger partial charge in [0.1, 0.15) is 11.0 Å². The van der Waals surface area contributed by atoms with Crippen LogP contribution in [0.1, 0.15) is 88.9 Å². The van der Waals surface area contributed by atoms with Gasteiger partial charge in [-0.1, -0.05) is 37.3 Å². The number of Topliss-reactive ketones (excluding diaryl/α,β-unsaturated/α-hetero) is 1. The largest absolute Gasteiger partial charge is 0.455 e. The number of fused-ring (bicyclic) bond motifs is 8. The Labute approximate surface area is 298 Å². The molecule has 7 fully saturated rings. The monoisotopic (exact) mass is 709 g/mol. The van der Waals surface area contributed by atoms with E-state index in [0.717, 1.165) is 32.1 Å². The quantitative estimate of drug-likeness (QED) is 0.204. The first-order valence-corrected chi connectivity index (χ1v) is 19.8. The van der Waals surface area contributed by atoms with E-state index in [4.69, 9.17) is 18.9 Å². The maximum absolute atomic E-state index is 13.6. The Hall–Kier alpha value is -1.83. The van der Waals surface area contributed by atoms with E-state index in [2.05, 4.69) is 12.2 Å². The predicted molar refractivity (Wildman–Crippen MR) is 184 cm³/mol. The summed E-state index contributed by atoms with van der Waals surface area (Å²) in [6.45, 7) is 5.90. The van der Waals surface area contributed by atoms with Gasteiger partial charge in [0.15, 0.2) is 5.78 Å². The van der Waals surface area contributed by atoms with E-state index >= 15 is 0 Å². The highest BCUT2D eigenvalue weighted by molar-refractivity contribution is 8.01. The zero-order valence-electron chi connectivity index (χ0n) is 29.2. The Morgan fingerprint density at radius 1 is 0.960 bits per heavy atom. The van der Waals surface area contributed by atoms with E-state index in [0.29, 0.717) is 37.0 Å². The molecule has 10 nitrogen and oxygen atoms in total. The number of aliphatic hydroxyl groups is 3. The molecule has 0 amide bonds. The Balaban J connectivity index is 1.01. The smallest absolute Gasteiger partial charge is 0.331 e. The molecule has 0 radical (unpaired) electrons. The highest BCUT2D eigenvalue weighted by atomic mass is 32.2. The summed E-state index contributed by atoms with van der Waals surface area (Å²) in [4.78, 5) is 24.5. The minimum Gasteiger partial charge on any atom is -0.455 e. The van der Waals surface area contributed by atoms with Gasteiger partial charge in [-0.25, -0.2) is 4.79 Å². The number of rotatable bonds is 4. The number of carbonyl (C=O) groups is 2. The SMILES string of the molecule is CC1CC2(NC(C(=O)c3ccccc3)CS2)C2(O)OC3CC4(CO)C(CCC5C4CCC4(C)C(C6C=CC(=O)O6)CCC54O)CC3OC2(C)O1. The zero-order chi connectivity index (χ0) is 34.9. The molecule has 15 atom stereocenters. The lowest BCUT2D eigenvalue weighted by atomic mass is 9.42. The van der Waals surface area contributed by atoms with Crippen molar-refractivity contribution < 1.29 is 43.9 Å². The van der Waals surface area contributed by atoms with Gasteiger partial charge in [-0.3, -0.25) is 10.1 Å². The Kier molecular flexibility index (Phi) is 7.70. The normalized spacial score (nSPS) is 53.6. The minimum absolute atomic E-state index is 0.00726. The Morgan fingerprint density at radius 3 is 2.48 bits per heavy atom. The minimum atomic E-state index is -1.92. The summed E-state index contributed by atoms with van der Waals surface area (Å²) in [5.74, 6) is -2.99. The number of ketones is 1. The second-order valence-electron chi connectivity index (χ2n) is 17.2. The zero-order valence-corrected chi connectivity index (χ0v) is 30.0. The van der Waals surface area contributed by atoms with Gasteiger partial charge in [-0.2, -0.15) is 0 Å². The molecule has 15 unspecified atom stereocenters. The fourth-order valence-electron chi connectivity index (χ4n) is 12.8. The molecule has 11 heteroatoms. The summed E-state index contributed by atoms with van der Waals surface area (Å²) in [5.41, 5.74) is -1.23. The molecule has 4 aliphatic carbocycles. The van der Waals surface area contributed by atoms with Crippen LogP contribution in [0.3, 0.4) is 0 Å². The van der Waals surface area contributed by atoms with Crippen molar-refractivity contribution in [3.8, 4) is 0 Å². The molecule has 4 heterocycles. The van der Waals surface area contributed by atoms with Crippen LogP contribution in [-0.4, -0.2) is 91.9 Å². The standard InChI is InChI=1S/C39H51NO9S/c1-22-18-38(40-28(20-50-38)33(43)23-7-5-4-6-8-23)39(45)35(3,47-22)48-30-17-24-9-10-26-25(36(24,21-41)19-31(30)49-39)13-15-34(2)27(14-16-37(26,34)44)29-11-12-32(42)46-29/h4-8,11-12,22,24-31,40-41,44-45H,9-10,13-21H2,1-3H3. The first kappa shape index (κ1) is 34.0. The number of aliphatic hydroxyl groups excluding tert-OH is 1. The number of esters is 1. The van der Waals surface area contributed by atoms with E-state index < -0.39 is 45.0 Å². The number of carbonyl (C=O) groups excluding carboxylic acids is 2. The summed E-state index contributed by atoms with van der Waals surface area (Å²) in [6, 6.07) is 8.71. The molecule has 0 bridgehead atoms. The van der Waals surface area contributed by atoms with Crippen LogP contribution in [0.5, 0.6) is 0 Å². The molecule has 3 saturated heterocycles. The molecule has 272 valence electrons. The molecule has 1 aromatic carbocycles. The van der Waals surface area contributed by atoms with Crippen LogP contribution in [0.4, 0.5) is 0 Å². The van der Waals surface area contributed by atoms with Gasteiger partial charge in [-0.15, -0.1) is 11.8 Å². The molecule has 4 N–H and O–H groups in total. The molecule has 0 aromatic heterocycles. The topological polar surface area (TPSA) is 144 Å². The number of hydrogen-bond acceptors (Lipinski definition) is 11. The maximum Gasteiger partial charge on any atom is 0.331 e. The average molecular weight is 710 g/mol. The van der Waals surface area contributed by atoms with Crippen molar-refractivity contribution in [2.24, 2.45) is 34.5 Å². The van der Waals surface area contributed by atoms with Gasteiger partial charge in [-0.05, 0) is 89.0 Å². The van der Waals surface area contributed by atoms with E-state index in [-0.39, 0.29) is 60.3 Å². The summed E-state index contributed by atoms with van der Waals surface area (Å²) in [5, 5.41) is 40.6. The average Bonchev–Trinajstić information content (AvgIpc) is 3.79. The fraction of sp³-hybridized carbons (Fsp3) is 0.744. The molecule has 4 aliphatic heterocycles. The van der Waals surface area contributed by atoms with Crippen molar-refractivity contribution in [1.82, 2.24) is 5.32 Å². The Morgan fingerprint density at radius 2 is 1.74 bits per heavy atom. The lowest BCUT2D eigenvalue weighted by Crippen LogP contribution is -2.81. The van der Waals surface area contributed by atoms with Crippen LogP contribution < -0.4 is 5.32 Å². The highest BCUT2D eigenvalue weighted by Crippen LogP contribution is 2.71. The van der Waals surface area contributed by atoms with Gasteiger partial charge in [0.25, 0.3) is 0 Å². The Bertz CT molecular complexity index is 1590. The first-order chi connectivity index (χ1) is 23.8. The second-order valence-corrected chi connectivity index (χ2v) is 18.5. The molecular formula is C39H51NO9S. The number of benzene rings is 1. The molecule has 4 saturated carbocycles. The highest BCUT2D eigenvalue weighted by Gasteiger charge is 2.76. The third-order valence-corrected chi connectivity index (χ3v) is 16.7. The van der Waals surface area contributed by atoms with Gasteiger partial charge in [0, 0.05) is 47.2 Å². The van der Waals surface area contributed by atoms with Crippen molar-refractivity contribution in [3.05, 3.63) is 48.0 Å². The van der Waals surface area contributed by atoms with Crippen molar-refractivity contribution in [3.63, 3.8) is 0 Å². The summed E-state index contributed by atoms with van der Waals surface area (Å²) >= 11 is 1.50. The van der Waals surface area contributed by atoms with E-state index in [1.165, 1.54) is 17.8 Å². The number of nitrogens with one attached hydrogen (secondary N) is 1. The predicted octanol–water partition coefficient (Wildman–Crippen LogP) is 4.11. The van der Waals surface area contributed by atoms with Crippen molar-refractivity contribution >= 4 is 23.5 Å². The van der Waals surface area contributed by atoms with Gasteiger partial charge in [0.05, 0.1) is 30.0 Å². The van der Waals surface area contributed by atoms with E-state index in [1.807, 2.05) is 43.3 Å². The van der Waals surface area contributed by atoms with Crippen LogP contribution in [0, 0.1) is 34.5 Å². The van der Waals surface area contributed by atoms with Crippen LogP contribution in [-0.2, 0) is 23.7 Å². The summed E-state index contributed by atoms with van der Waals surface area (Å²) in [6.07, 6.45) is 8.33.